The molecule has 0 aliphatic rings. The third kappa shape index (κ3) is 25.4. The standard InChI is InChI=1S/C37H74O4/c1-5-9-13-17-20-21-22-25-29-33-37(39,32-28-24-18-14-10-6-2)35(31-27-23-16-12-8-4)41-36(38)40-34-30-26-19-15-11-7-3/h35,39H,5-34H2,1-4H3. The molecule has 0 aromatic rings. The average Bonchev–Trinajstić information content (AvgIpc) is 2.97. The molecule has 0 fully saturated rings. The number of unbranched alkanes of at least 4 members (excludes halogenated alkanes) is 22. The Hall–Kier alpha value is -0.770. The van der Waals surface area contributed by atoms with Crippen LogP contribution in [0.1, 0.15) is 214 Å². The van der Waals surface area contributed by atoms with Crippen LogP contribution >= 0.6 is 0 Å². The summed E-state index contributed by atoms with van der Waals surface area (Å²) >= 11 is 0. The minimum absolute atomic E-state index is 0.419. The van der Waals surface area contributed by atoms with Crippen LogP contribution in [0.5, 0.6) is 0 Å². The van der Waals surface area contributed by atoms with Gasteiger partial charge in [0.05, 0.1) is 6.61 Å². The third-order valence-electron chi connectivity index (χ3n) is 8.80. The van der Waals surface area contributed by atoms with E-state index in [1.165, 1.54) is 116 Å². The monoisotopic (exact) mass is 583 g/mol. The average molecular weight is 583 g/mol. The van der Waals surface area contributed by atoms with E-state index in [0.29, 0.717) is 6.61 Å². The van der Waals surface area contributed by atoms with Gasteiger partial charge < -0.3 is 14.6 Å². The molecule has 246 valence electrons. The van der Waals surface area contributed by atoms with Crippen LogP contribution in [-0.4, -0.2) is 29.6 Å². The first kappa shape index (κ1) is 40.2. The molecule has 1 N–H and O–H groups in total. The van der Waals surface area contributed by atoms with Gasteiger partial charge in [-0.3, -0.25) is 0 Å². The molecule has 0 aromatic carbocycles. The quantitative estimate of drug-likeness (QED) is 0.0633. The highest BCUT2D eigenvalue weighted by Gasteiger charge is 2.38. The predicted octanol–water partition coefficient (Wildman–Crippen LogP) is 12.6. The van der Waals surface area contributed by atoms with Crippen molar-refractivity contribution >= 4 is 6.16 Å². The minimum atomic E-state index is -0.949. The summed E-state index contributed by atoms with van der Waals surface area (Å²) in [6.45, 7) is 9.39. The maximum Gasteiger partial charge on any atom is 0.508 e. The van der Waals surface area contributed by atoms with E-state index in [2.05, 4.69) is 27.7 Å². The second kappa shape index (κ2) is 30.7. The van der Waals surface area contributed by atoms with Gasteiger partial charge in [0.2, 0.25) is 0 Å². The van der Waals surface area contributed by atoms with Crippen molar-refractivity contribution in [2.45, 2.75) is 226 Å². The number of carbonyl (C=O) groups is 1. The normalized spacial score (nSPS) is 13.7. The summed E-state index contributed by atoms with van der Waals surface area (Å²) in [6.07, 6.45) is 32.4. The second-order valence-corrected chi connectivity index (χ2v) is 12.9. The summed E-state index contributed by atoms with van der Waals surface area (Å²) in [4.78, 5) is 12.8. The second-order valence-electron chi connectivity index (χ2n) is 12.9. The molecule has 0 amide bonds. The molecule has 0 aliphatic heterocycles. The molecule has 0 bridgehead atoms. The fourth-order valence-corrected chi connectivity index (χ4v) is 5.96. The molecule has 0 aromatic heterocycles. The van der Waals surface area contributed by atoms with E-state index in [4.69, 9.17) is 9.47 Å². The molecule has 4 nitrogen and oxygen atoms in total. The molecule has 4 heteroatoms. The van der Waals surface area contributed by atoms with Crippen molar-refractivity contribution < 1.29 is 19.4 Å². The summed E-state index contributed by atoms with van der Waals surface area (Å²) in [5.74, 6) is 0. The molecule has 0 spiro atoms. The summed E-state index contributed by atoms with van der Waals surface area (Å²) in [6, 6.07) is 0. The molecule has 0 saturated heterocycles. The van der Waals surface area contributed by atoms with Gasteiger partial charge in [-0.2, -0.15) is 0 Å². The highest BCUT2D eigenvalue weighted by atomic mass is 16.7. The lowest BCUT2D eigenvalue weighted by Gasteiger charge is -2.36. The lowest BCUT2D eigenvalue weighted by Crippen LogP contribution is -2.45. The SMILES string of the molecule is CCCCCCCCCCCC(O)(CCCCCCCC)C(CCCCCCC)OC(=O)OCCCCCCCC. The highest BCUT2D eigenvalue weighted by Crippen LogP contribution is 2.32. The number of ether oxygens (including phenoxy) is 2. The zero-order valence-electron chi connectivity index (χ0n) is 28.5. The Kier molecular flexibility index (Phi) is 30.1. The van der Waals surface area contributed by atoms with Crippen molar-refractivity contribution in [3.05, 3.63) is 0 Å². The lowest BCUT2D eigenvalue weighted by atomic mass is 9.82. The van der Waals surface area contributed by atoms with Gasteiger partial charge in [0.25, 0.3) is 0 Å². The van der Waals surface area contributed by atoms with Crippen molar-refractivity contribution in [3.8, 4) is 0 Å². The van der Waals surface area contributed by atoms with Gasteiger partial charge in [-0.05, 0) is 32.1 Å². The minimum Gasteiger partial charge on any atom is -0.434 e. The van der Waals surface area contributed by atoms with Gasteiger partial charge >= 0.3 is 6.16 Å². The Balaban J connectivity index is 5.02. The molecule has 0 radical (unpaired) electrons. The number of hydrogen-bond acceptors (Lipinski definition) is 4. The zero-order chi connectivity index (χ0) is 30.3. The maximum atomic E-state index is 12.8. The van der Waals surface area contributed by atoms with Gasteiger partial charge in [-0.15, -0.1) is 0 Å². The van der Waals surface area contributed by atoms with Gasteiger partial charge in [0.15, 0.2) is 0 Å². The van der Waals surface area contributed by atoms with E-state index in [1.807, 2.05) is 0 Å². The van der Waals surface area contributed by atoms with Gasteiger partial charge in [-0.25, -0.2) is 4.79 Å². The van der Waals surface area contributed by atoms with E-state index < -0.39 is 17.9 Å². The fraction of sp³-hybridized carbons (Fsp3) is 0.973. The Labute approximate surface area is 257 Å². The van der Waals surface area contributed by atoms with E-state index in [0.717, 1.165) is 70.6 Å². The van der Waals surface area contributed by atoms with E-state index in [9.17, 15) is 9.90 Å². The Bertz CT molecular complexity index is 537. The lowest BCUT2D eigenvalue weighted by molar-refractivity contribution is -0.110. The summed E-state index contributed by atoms with van der Waals surface area (Å²) in [7, 11) is 0. The van der Waals surface area contributed by atoms with Crippen LogP contribution in [0.25, 0.3) is 0 Å². The first-order valence-electron chi connectivity index (χ1n) is 18.6. The zero-order valence-corrected chi connectivity index (χ0v) is 28.5. The van der Waals surface area contributed by atoms with Crippen LogP contribution in [0, 0.1) is 0 Å². The van der Waals surface area contributed by atoms with E-state index in [-0.39, 0.29) is 0 Å². The molecule has 41 heavy (non-hydrogen) atoms. The first-order chi connectivity index (χ1) is 20.0. The molecule has 2 atom stereocenters. The van der Waals surface area contributed by atoms with E-state index >= 15 is 0 Å². The smallest absolute Gasteiger partial charge is 0.434 e. The summed E-state index contributed by atoms with van der Waals surface area (Å²) < 4.78 is 11.5. The number of aliphatic hydroxyl groups is 1. The van der Waals surface area contributed by atoms with Crippen LogP contribution < -0.4 is 0 Å². The highest BCUT2D eigenvalue weighted by molar-refractivity contribution is 5.60. The summed E-state index contributed by atoms with van der Waals surface area (Å²) in [5, 5.41) is 12.1. The van der Waals surface area contributed by atoms with Crippen molar-refractivity contribution in [1.82, 2.24) is 0 Å². The van der Waals surface area contributed by atoms with Crippen LogP contribution in [-0.2, 0) is 9.47 Å². The summed E-state index contributed by atoms with van der Waals surface area (Å²) in [5.41, 5.74) is -0.949. The number of carbonyl (C=O) groups excluding carboxylic acids is 1. The van der Waals surface area contributed by atoms with Crippen molar-refractivity contribution in [2.24, 2.45) is 0 Å². The Morgan fingerprint density at radius 2 is 0.854 bits per heavy atom. The number of hydrogen-bond donors (Lipinski definition) is 1. The van der Waals surface area contributed by atoms with Gasteiger partial charge in [-0.1, -0.05) is 182 Å². The molecule has 0 rings (SSSR count). The molecule has 0 aliphatic carbocycles. The Morgan fingerprint density at radius 1 is 0.512 bits per heavy atom. The molecule has 0 saturated carbocycles. The predicted molar refractivity (Wildman–Crippen MR) is 178 cm³/mol. The van der Waals surface area contributed by atoms with Crippen LogP contribution in [0.4, 0.5) is 4.79 Å². The van der Waals surface area contributed by atoms with Gasteiger partial charge in [0.1, 0.15) is 11.7 Å². The van der Waals surface area contributed by atoms with Gasteiger partial charge in [0, 0.05) is 0 Å². The van der Waals surface area contributed by atoms with Crippen LogP contribution in [0.3, 0.4) is 0 Å². The first-order valence-corrected chi connectivity index (χ1v) is 18.6. The molecular formula is C37H74O4. The maximum absolute atomic E-state index is 12.8. The topological polar surface area (TPSA) is 55.8 Å². The van der Waals surface area contributed by atoms with Crippen molar-refractivity contribution in [1.29, 1.82) is 0 Å². The third-order valence-corrected chi connectivity index (χ3v) is 8.80. The van der Waals surface area contributed by atoms with Crippen molar-refractivity contribution in [3.63, 3.8) is 0 Å². The molecule has 2 unspecified atom stereocenters. The Morgan fingerprint density at radius 3 is 1.27 bits per heavy atom. The van der Waals surface area contributed by atoms with Crippen LogP contribution in [0.2, 0.25) is 0 Å². The molecule has 0 heterocycles. The van der Waals surface area contributed by atoms with E-state index in [1.54, 1.807) is 0 Å². The van der Waals surface area contributed by atoms with Crippen LogP contribution in [0.15, 0.2) is 0 Å². The van der Waals surface area contributed by atoms with Crippen molar-refractivity contribution in [2.75, 3.05) is 6.61 Å². The number of rotatable bonds is 32. The molecular weight excluding hydrogens is 508 g/mol. The fourth-order valence-electron chi connectivity index (χ4n) is 5.96. The largest absolute Gasteiger partial charge is 0.508 e.